The van der Waals surface area contributed by atoms with Gasteiger partial charge in [0.05, 0.1) is 0 Å². The molecule has 0 amide bonds. The van der Waals surface area contributed by atoms with Gasteiger partial charge in [-0.3, -0.25) is 4.79 Å². The predicted octanol–water partition coefficient (Wildman–Crippen LogP) is 3.17. The van der Waals surface area contributed by atoms with E-state index in [9.17, 15) is 4.79 Å². The second-order valence-electron chi connectivity index (χ2n) is 3.27. The molecule has 0 fully saturated rings. The van der Waals surface area contributed by atoms with E-state index in [0.717, 1.165) is 18.4 Å². The van der Waals surface area contributed by atoms with Gasteiger partial charge < -0.3 is 4.74 Å². The number of rotatable bonds is 5. The zero-order chi connectivity index (χ0) is 11.1. The van der Waals surface area contributed by atoms with Crippen LogP contribution in [0.2, 0.25) is 0 Å². The van der Waals surface area contributed by atoms with E-state index in [0.29, 0.717) is 18.1 Å². The first-order valence-corrected chi connectivity index (χ1v) is 5.66. The lowest BCUT2D eigenvalue weighted by molar-refractivity contribution is -0.134. The Morgan fingerprint density at radius 3 is 2.80 bits per heavy atom. The molecule has 3 heteroatoms. The number of carbonyl (C=O) groups excluding carboxylic acids is 1. The summed E-state index contributed by atoms with van der Waals surface area (Å²) in [6.45, 7) is 1.95. The molecule has 0 aliphatic rings. The highest BCUT2D eigenvalue weighted by Gasteiger charge is 2.07. The van der Waals surface area contributed by atoms with Crippen molar-refractivity contribution in [1.82, 2.24) is 0 Å². The number of benzene rings is 1. The summed E-state index contributed by atoms with van der Waals surface area (Å²) in [7, 11) is 0. The van der Waals surface area contributed by atoms with Gasteiger partial charge >= 0.3 is 5.97 Å². The molecule has 0 heterocycles. The minimum Gasteiger partial charge on any atom is -0.426 e. The minimum atomic E-state index is -0.181. The second kappa shape index (κ2) is 6.46. The van der Waals surface area contributed by atoms with Gasteiger partial charge in [-0.05, 0) is 24.5 Å². The summed E-state index contributed by atoms with van der Waals surface area (Å²) in [5.74, 6) is 0.985. The Labute approximate surface area is 95.2 Å². The summed E-state index contributed by atoms with van der Waals surface area (Å²) in [5, 5.41) is 0. The first-order valence-electron chi connectivity index (χ1n) is 5.12. The van der Waals surface area contributed by atoms with Crippen LogP contribution in [0, 0.1) is 0 Å². The van der Waals surface area contributed by atoms with Crippen molar-refractivity contribution in [3.8, 4) is 5.75 Å². The lowest BCUT2D eigenvalue weighted by atomic mass is 10.1. The Balaban J connectivity index is 2.70. The van der Waals surface area contributed by atoms with Gasteiger partial charge in [0.15, 0.2) is 0 Å². The second-order valence-corrected chi connectivity index (χ2v) is 3.65. The van der Waals surface area contributed by atoms with Crippen molar-refractivity contribution >= 4 is 17.6 Å². The maximum atomic E-state index is 11.3. The molecule has 2 nitrogen and oxygen atoms in total. The average molecular weight is 227 g/mol. The van der Waals surface area contributed by atoms with Crippen LogP contribution in [-0.2, 0) is 11.2 Å². The van der Waals surface area contributed by atoms with Gasteiger partial charge in [0.1, 0.15) is 5.75 Å². The van der Waals surface area contributed by atoms with Gasteiger partial charge in [0.25, 0.3) is 0 Å². The van der Waals surface area contributed by atoms with Gasteiger partial charge in [0.2, 0.25) is 0 Å². The highest BCUT2D eigenvalue weighted by Crippen LogP contribution is 2.19. The van der Waals surface area contributed by atoms with Gasteiger partial charge in [-0.15, -0.1) is 11.6 Å². The summed E-state index contributed by atoms with van der Waals surface area (Å²) in [6, 6.07) is 7.50. The number of hydrogen-bond acceptors (Lipinski definition) is 2. The number of para-hydroxylation sites is 1. The van der Waals surface area contributed by atoms with E-state index in [4.69, 9.17) is 16.3 Å². The van der Waals surface area contributed by atoms with Crippen molar-refractivity contribution < 1.29 is 9.53 Å². The lowest BCUT2D eigenvalue weighted by Crippen LogP contribution is -2.08. The number of esters is 1. The van der Waals surface area contributed by atoms with Crippen LogP contribution in [0.5, 0.6) is 5.75 Å². The van der Waals surface area contributed by atoms with Gasteiger partial charge in [-0.2, -0.15) is 0 Å². The first-order chi connectivity index (χ1) is 7.27. The van der Waals surface area contributed by atoms with Crippen LogP contribution in [0.4, 0.5) is 0 Å². The normalized spacial score (nSPS) is 10.0. The first kappa shape index (κ1) is 12.1. The quantitative estimate of drug-likeness (QED) is 0.438. The average Bonchev–Trinajstić information content (AvgIpc) is 2.21. The third kappa shape index (κ3) is 3.92. The monoisotopic (exact) mass is 226 g/mol. The van der Waals surface area contributed by atoms with Crippen molar-refractivity contribution in [3.63, 3.8) is 0 Å². The summed E-state index contributed by atoms with van der Waals surface area (Å²) in [4.78, 5) is 11.3. The van der Waals surface area contributed by atoms with Gasteiger partial charge in [-0.1, -0.05) is 25.1 Å². The molecule has 0 saturated carbocycles. The molecule has 0 atom stereocenters. The van der Waals surface area contributed by atoms with Gasteiger partial charge in [0, 0.05) is 12.3 Å². The number of aryl methyl sites for hydroxylation is 1. The molecule has 15 heavy (non-hydrogen) atoms. The SMILES string of the molecule is CCCC(=O)Oc1ccccc1CCCl. The summed E-state index contributed by atoms with van der Waals surface area (Å²) >= 11 is 5.67. The van der Waals surface area contributed by atoms with Crippen LogP contribution in [0.15, 0.2) is 24.3 Å². The largest absolute Gasteiger partial charge is 0.426 e. The molecule has 0 aromatic heterocycles. The third-order valence-corrected chi connectivity index (χ3v) is 2.20. The van der Waals surface area contributed by atoms with Crippen LogP contribution >= 0.6 is 11.6 Å². The van der Waals surface area contributed by atoms with E-state index in [-0.39, 0.29) is 5.97 Å². The summed E-state index contributed by atoms with van der Waals surface area (Å²) in [6.07, 6.45) is 1.98. The molecule has 0 saturated heterocycles. The molecule has 0 unspecified atom stereocenters. The molecular weight excluding hydrogens is 212 g/mol. The van der Waals surface area contributed by atoms with Gasteiger partial charge in [-0.25, -0.2) is 0 Å². The van der Waals surface area contributed by atoms with Crippen LogP contribution in [-0.4, -0.2) is 11.8 Å². The highest BCUT2D eigenvalue weighted by atomic mass is 35.5. The molecule has 82 valence electrons. The molecule has 0 N–H and O–H groups in total. The zero-order valence-corrected chi connectivity index (χ0v) is 9.59. The topological polar surface area (TPSA) is 26.3 Å². The standard InChI is InChI=1S/C12H15ClO2/c1-2-5-12(14)15-11-7-4-3-6-10(11)8-9-13/h3-4,6-7H,2,5,8-9H2,1H3. The van der Waals surface area contributed by atoms with E-state index in [1.807, 2.05) is 25.1 Å². The molecule has 0 radical (unpaired) electrons. The van der Waals surface area contributed by atoms with E-state index < -0.39 is 0 Å². The zero-order valence-electron chi connectivity index (χ0n) is 8.83. The van der Waals surface area contributed by atoms with E-state index in [1.54, 1.807) is 6.07 Å². The number of hydrogen-bond donors (Lipinski definition) is 0. The molecule has 0 bridgehead atoms. The highest BCUT2D eigenvalue weighted by molar-refractivity contribution is 6.18. The van der Waals surface area contributed by atoms with Crippen LogP contribution in [0.25, 0.3) is 0 Å². The van der Waals surface area contributed by atoms with E-state index >= 15 is 0 Å². The summed E-state index contributed by atoms with van der Waals surface area (Å²) in [5.41, 5.74) is 0.983. The Morgan fingerprint density at radius 2 is 2.13 bits per heavy atom. The number of ether oxygens (including phenoxy) is 1. The third-order valence-electron chi connectivity index (χ3n) is 2.01. The number of carbonyl (C=O) groups is 1. The number of halogens is 1. The molecule has 1 rings (SSSR count). The molecule has 0 aliphatic carbocycles. The maximum absolute atomic E-state index is 11.3. The van der Waals surface area contributed by atoms with Crippen molar-refractivity contribution in [3.05, 3.63) is 29.8 Å². The predicted molar refractivity (Wildman–Crippen MR) is 61.4 cm³/mol. The maximum Gasteiger partial charge on any atom is 0.311 e. The van der Waals surface area contributed by atoms with Crippen LogP contribution in [0.1, 0.15) is 25.3 Å². The lowest BCUT2D eigenvalue weighted by Gasteiger charge is -2.08. The van der Waals surface area contributed by atoms with Crippen molar-refractivity contribution in [2.45, 2.75) is 26.2 Å². The Kier molecular flexibility index (Phi) is 5.19. The Hall–Kier alpha value is -1.02. The number of alkyl halides is 1. The van der Waals surface area contributed by atoms with Crippen molar-refractivity contribution in [2.24, 2.45) is 0 Å². The molecule has 0 spiro atoms. The fraction of sp³-hybridized carbons (Fsp3) is 0.417. The molecular formula is C12H15ClO2. The minimum absolute atomic E-state index is 0.181. The Bertz CT molecular complexity index is 323. The smallest absolute Gasteiger partial charge is 0.311 e. The van der Waals surface area contributed by atoms with E-state index in [1.165, 1.54) is 0 Å². The molecule has 1 aromatic carbocycles. The fourth-order valence-corrected chi connectivity index (χ4v) is 1.49. The van der Waals surface area contributed by atoms with Crippen LogP contribution < -0.4 is 4.74 Å². The van der Waals surface area contributed by atoms with Crippen molar-refractivity contribution in [1.29, 1.82) is 0 Å². The fourth-order valence-electron chi connectivity index (χ4n) is 1.29. The molecule has 1 aromatic rings. The summed E-state index contributed by atoms with van der Waals surface area (Å²) < 4.78 is 5.24. The molecule has 0 aliphatic heterocycles. The van der Waals surface area contributed by atoms with Crippen LogP contribution in [0.3, 0.4) is 0 Å². The van der Waals surface area contributed by atoms with Crippen molar-refractivity contribution in [2.75, 3.05) is 5.88 Å². The van der Waals surface area contributed by atoms with E-state index in [2.05, 4.69) is 0 Å². The Morgan fingerprint density at radius 1 is 1.40 bits per heavy atom.